The summed E-state index contributed by atoms with van der Waals surface area (Å²) in [5.41, 5.74) is 1.98. The van der Waals surface area contributed by atoms with E-state index in [9.17, 15) is 9.90 Å². The number of furan rings is 1. The van der Waals surface area contributed by atoms with Gasteiger partial charge in [-0.25, -0.2) is 9.48 Å². The first-order valence-corrected chi connectivity index (χ1v) is 6.57. The van der Waals surface area contributed by atoms with Gasteiger partial charge < -0.3 is 9.52 Å². The summed E-state index contributed by atoms with van der Waals surface area (Å²) < 4.78 is 6.72. The van der Waals surface area contributed by atoms with Crippen LogP contribution in [-0.2, 0) is 0 Å². The standard InChI is InChI=1S/C15H11ClN2O3/c1-9-4-5-10(7-12(9)16)18-8-11(15(19)20)14(17-18)13-3-2-6-21-13/h2-8H,1H3,(H,19,20). The fourth-order valence-electron chi connectivity index (χ4n) is 1.98. The van der Waals surface area contributed by atoms with E-state index in [0.29, 0.717) is 16.5 Å². The smallest absolute Gasteiger partial charge is 0.339 e. The van der Waals surface area contributed by atoms with Gasteiger partial charge in [-0.1, -0.05) is 17.7 Å². The molecule has 0 aliphatic heterocycles. The van der Waals surface area contributed by atoms with Crippen molar-refractivity contribution in [3.63, 3.8) is 0 Å². The van der Waals surface area contributed by atoms with Crippen LogP contribution < -0.4 is 0 Å². The molecular formula is C15H11ClN2O3. The van der Waals surface area contributed by atoms with Gasteiger partial charge in [0.1, 0.15) is 11.3 Å². The Morgan fingerprint density at radius 3 is 2.81 bits per heavy atom. The molecule has 0 fully saturated rings. The van der Waals surface area contributed by atoms with E-state index in [1.54, 1.807) is 18.2 Å². The van der Waals surface area contributed by atoms with E-state index in [2.05, 4.69) is 5.10 Å². The number of benzene rings is 1. The van der Waals surface area contributed by atoms with Gasteiger partial charge in [-0.3, -0.25) is 0 Å². The zero-order chi connectivity index (χ0) is 15.0. The lowest BCUT2D eigenvalue weighted by Gasteiger charge is -2.03. The number of carboxylic acids is 1. The van der Waals surface area contributed by atoms with Crippen molar-refractivity contribution in [2.24, 2.45) is 0 Å². The molecule has 0 aliphatic rings. The summed E-state index contributed by atoms with van der Waals surface area (Å²) in [7, 11) is 0. The van der Waals surface area contributed by atoms with Crippen LogP contribution in [0.1, 0.15) is 15.9 Å². The van der Waals surface area contributed by atoms with Gasteiger partial charge in [0, 0.05) is 11.2 Å². The lowest BCUT2D eigenvalue weighted by Crippen LogP contribution is -1.96. The highest BCUT2D eigenvalue weighted by Gasteiger charge is 2.19. The molecule has 1 aromatic carbocycles. The molecule has 1 N–H and O–H groups in total. The van der Waals surface area contributed by atoms with E-state index >= 15 is 0 Å². The SMILES string of the molecule is Cc1ccc(-n2cc(C(=O)O)c(-c3ccco3)n2)cc1Cl. The molecule has 3 aromatic rings. The minimum Gasteiger partial charge on any atom is -0.478 e. The van der Waals surface area contributed by atoms with E-state index in [1.165, 1.54) is 17.1 Å². The molecular weight excluding hydrogens is 292 g/mol. The molecule has 0 bridgehead atoms. The second-order valence-corrected chi connectivity index (χ2v) is 4.96. The van der Waals surface area contributed by atoms with Crippen molar-refractivity contribution >= 4 is 17.6 Å². The monoisotopic (exact) mass is 302 g/mol. The van der Waals surface area contributed by atoms with Crippen molar-refractivity contribution in [3.05, 3.63) is 58.9 Å². The highest BCUT2D eigenvalue weighted by Crippen LogP contribution is 2.25. The van der Waals surface area contributed by atoms with Crippen molar-refractivity contribution in [1.29, 1.82) is 0 Å². The van der Waals surface area contributed by atoms with Crippen LogP contribution in [0.25, 0.3) is 17.1 Å². The van der Waals surface area contributed by atoms with E-state index in [4.69, 9.17) is 16.0 Å². The number of nitrogens with zero attached hydrogens (tertiary/aromatic N) is 2. The maximum absolute atomic E-state index is 11.4. The average Bonchev–Trinajstić information content (AvgIpc) is 3.09. The Morgan fingerprint density at radius 1 is 1.38 bits per heavy atom. The average molecular weight is 303 g/mol. The molecule has 0 saturated heterocycles. The minimum absolute atomic E-state index is 0.0710. The number of hydrogen-bond donors (Lipinski definition) is 1. The van der Waals surface area contributed by atoms with E-state index in [0.717, 1.165) is 5.56 Å². The maximum atomic E-state index is 11.4. The Labute approximate surface area is 125 Å². The molecule has 0 aliphatic carbocycles. The third-order valence-electron chi connectivity index (χ3n) is 3.12. The molecule has 0 radical (unpaired) electrons. The Kier molecular flexibility index (Phi) is 3.27. The minimum atomic E-state index is -1.06. The lowest BCUT2D eigenvalue weighted by molar-refractivity contribution is 0.0697. The first-order chi connectivity index (χ1) is 10.1. The molecule has 0 amide bonds. The first kappa shape index (κ1) is 13.5. The van der Waals surface area contributed by atoms with Crippen LogP contribution in [0.5, 0.6) is 0 Å². The number of aromatic carboxylic acids is 1. The number of aryl methyl sites for hydroxylation is 1. The molecule has 21 heavy (non-hydrogen) atoms. The summed E-state index contributed by atoms with van der Waals surface area (Å²) in [4.78, 5) is 11.4. The highest BCUT2D eigenvalue weighted by atomic mass is 35.5. The van der Waals surface area contributed by atoms with Crippen molar-refractivity contribution in [3.8, 4) is 17.1 Å². The zero-order valence-electron chi connectivity index (χ0n) is 11.1. The van der Waals surface area contributed by atoms with Gasteiger partial charge in [-0.05, 0) is 36.8 Å². The summed E-state index contributed by atoms with van der Waals surface area (Å²) in [6.07, 6.45) is 2.92. The Bertz CT molecular complexity index is 806. The molecule has 0 spiro atoms. The van der Waals surface area contributed by atoms with E-state index in [1.807, 2.05) is 19.1 Å². The predicted molar refractivity (Wildman–Crippen MR) is 78.0 cm³/mol. The summed E-state index contributed by atoms with van der Waals surface area (Å²) in [5, 5.41) is 14.2. The van der Waals surface area contributed by atoms with Crippen LogP contribution in [0.4, 0.5) is 0 Å². The highest BCUT2D eigenvalue weighted by molar-refractivity contribution is 6.31. The van der Waals surface area contributed by atoms with Crippen LogP contribution in [0.2, 0.25) is 5.02 Å². The Hall–Kier alpha value is -2.53. The molecule has 6 heteroatoms. The molecule has 2 aromatic heterocycles. The maximum Gasteiger partial charge on any atom is 0.339 e. The fraction of sp³-hybridized carbons (Fsp3) is 0.0667. The van der Waals surface area contributed by atoms with Crippen LogP contribution in [0, 0.1) is 6.92 Å². The first-order valence-electron chi connectivity index (χ1n) is 6.19. The van der Waals surface area contributed by atoms with Gasteiger partial charge in [0.15, 0.2) is 5.76 Å². The van der Waals surface area contributed by atoms with Crippen molar-refractivity contribution < 1.29 is 14.3 Å². The largest absolute Gasteiger partial charge is 0.478 e. The van der Waals surface area contributed by atoms with Gasteiger partial charge in [-0.15, -0.1) is 0 Å². The van der Waals surface area contributed by atoms with Crippen LogP contribution in [-0.4, -0.2) is 20.9 Å². The number of carbonyl (C=O) groups is 1. The van der Waals surface area contributed by atoms with E-state index < -0.39 is 5.97 Å². The number of halogens is 1. The summed E-state index contributed by atoms with van der Waals surface area (Å²) in [5.74, 6) is -0.657. The quantitative estimate of drug-likeness (QED) is 0.799. The molecule has 0 atom stereocenters. The number of aromatic nitrogens is 2. The van der Waals surface area contributed by atoms with Crippen molar-refractivity contribution in [2.45, 2.75) is 6.92 Å². The summed E-state index contributed by atoms with van der Waals surface area (Å²) in [6.45, 7) is 1.89. The van der Waals surface area contributed by atoms with Gasteiger partial charge in [-0.2, -0.15) is 5.10 Å². The van der Waals surface area contributed by atoms with Gasteiger partial charge in [0.05, 0.1) is 12.0 Å². The second kappa shape index (κ2) is 5.10. The third kappa shape index (κ3) is 2.43. The molecule has 0 saturated carbocycles. The predicted octanol–water partition coefficient (Wildman–Crippen LogP) is 3.79. The van der Waals surface area contributed by atoms with Crippen molar-refractivity contribution in [1.82, 2.24) is 9.78 Å². The Balaban J connectivity index is 2.14. The van der Waals surface area contributed by atoms with Crippen molar-refractivity contribution in [2.75, 3.05) is 0 Å². The summed E-state index contributed by atoms with van der Waals surface area (Å²) in [6, 6.07) is 8.77. The third-order valence-corrected chi connectivity index (χ3v) is 3.53. The zero-order valence-corrected chi connectivity index (χ0v) is 11.8. The van der Waals surface area contributed by atoms with Gasteiger partial charge in [0.2, 0.25) is 0 Å². The lowest BCUT2D eigenvalue weighted by atomic mass is 10.2. The number of carboxylic acid groups (broad SMARTS) is 1. The molecule has 0 unspecified atom stereocenters. The van der Waals surface area contributed by atoms with Gasteiger partial charge >= 0.3 is 5.97 Å². The van der Waals surface area contributed by atoms with Crippen LogP contribution in [0.3, 0.4) is 0 Å². The molecule has 5 nitrogen and oxygen atoms in total. The number of hydrogen-bond acceptors (Lipinski definition) is 3. The number of rotatable bonds is 3. The van der Waals surface area contributed by atoms with Crippen LogP contribution in [0.15, 0.2) is 47.2 Å². The normalized spacial score (nSPS) is 10.8. The second-order valence-electron chi connectivity index (χ2n) is 4.55. The molecule has 3 rings (SSSR count). The fourth-order valence-corrected chi connectivity index (χ4v) is 2.16. The van der Waals surface area contributed by atoms with E-state index in [-0.39, 0.29) is 11.3 Å². The molecule has 2 heterocycles. The Morgan fingerprint density at radius 2 is 2.19 bits per heavy atom. The molecule has 106 valence electrons. The summed E-state index contributed by atoms with van der Waals surface area (Å²) >= 11 is 6.10. The van der Waals surface area contributed by atoms with Crippen LogP contribution >= 0.6 is 11.6 Å². The topological polar surface area (TPSA) is 68.3 Å². The van der Waals surface area contributed by atoms with Gasteiger partial charge in [0.25, 0.3) is 0 Å².